The number of benzene rings is 3. The van der Waals surface area contributed by atoms with Crippen molar-refractivity contribution in [3.05, 3.63) is 99.0 Å². The predicted octanol–water partition coefficient (Wildman–Crippen LogP) is 6.46. The van der Waals surface area contributed by atoms with Crippen molar-refractivity contribution in [1.82, 2.24) is 5.32 Å². The zero-order chi connectivity index (χ0) is 28.6. The zero-order valence-electron chi connectivity index (χ0n) is 21.6. The van der Waals surface area contributed by atoms with Gasteiger partial charge >= 0.3 is 6.03 Å². The lowest BCUT2D eigenvalue weighted by atomic mass is 10.1. The first kappa shape index (κ1) is 29.1. The number of hydrogen-bond donors (Lipinski definition) is 1. The average Bonchev–Trinajstić information content (AvgIpc) is 2.92. The van der Waals surface area contributed by atoms with Crippen LogP contribution < -0.4 is 24.4 Å². The number of rotatable bonds is 11. The molecule has 40 heavy (non-hydrogen) atoms. The highest BCUT2D eigenvalue weighted by Crippen LogP contribution is 2.38. The molecule has 3 aromatic rings. The lowest BCUT2D eigenvalue weighted by Gasteiger charge is -2.26. The third-order valence-electron chi connectivity index (χ3n) is 5.75. The van der Waals surface area contributed by atoms with E-state index in [9.17, 15) is 14.4 Å². The highest BCUT2D eigenvalue weighted by Gasteiger charge is 2.36. The average molecular weight is 670 g/mol. The lowest BCUT2D eigenvalue weighted by Crippen LogP contribution is -2.54. The topological polar surface area (TPSA) is 94.2 Å². The molecule has 8 nitrogen and oxygen atoms in total. The summed E-state index contributed by atoms with van der Waals surface area (Å²) in [5.41, 5.74) is 1.67. The fourth-order valence-electron chi connectivity index (χ4n) is 3.99. The Morgan fingerprint density at radius 2 is 1.65 bits per heavy atom. The number of carbonyl (C=O) groups excluding carboxylic acids is 3. The van der Waals surface area contributed by atoms with Crippen LogP contribution in [0.2, 0.25) is 0 Å². The van der Waals surface area contributed by atoms with E-state index in [1.54, 1.807) is 36.4 Å². The summed E-state index contributed by atoms with van der Waals surface area (Å²) >= 11 is 6.85. The Morgan fingerprint density at radius 3 is 2.38 bits per heavy atom. The van der Waals surface area contributed by atoms with Gasteiger partial charge in [-0.15, -0.1) is 6.58 Å². The Bertz CT molecular complexity index is 1470. The van der Waals surface area contributed by atoms with Gasteiger partial charge in [0.15, 0.2) is 11.5 Å². The minimum absolute atomic E-state index is 0.197. The van der Waals surface area contributed by atoms with Crippen molar-refractivity contribution in [3.8, 4) is 17.2 Å². The Balaban J connectivity index is 1.53. The molecule has 0 bridgehead atoms. The summed E-state index contributed by atoms with van der Waals surface area (Å²) in [4.78, 5) is 39.3. The minimum Gasteiger partial charge on any atom is -0.490 e. The van der Waals surface area contributed by atoms with Gasteiger partial charge in [-0.25, -0.2) is 9.69 Å². The van der Waals surface area contributed by atoms with Gasteiger partial charge in [0.25, 0.3) is 11.8 Å². The van der Waals surface area contributed by atoms with Crippen LogP contribution in [0.1, 0.15) is 18.1 Å². The van der Waals surface area contributed by atoms with Crippen LogP contribution in [0, 0.1) is 0 Å². The van der Waals surface area contributed by atoms with Crippen LogP contribution in [0.15, 0.2) is 87.8 Å². The van der Waals surface area contributed by atoms with Crippen LogP contribution >= 0.6 is 31.9 Å². The quantitative estimate of drug-likeness (QED) is 0.109. The molecule has 4 amide bonds. The van der Waals surface area contributed by atoms with Gasteiger partial charge in [-0.1, -0.05) is 40.2 Å². The third kappa shape index (κ3) is 6.81. The van der Waals surface area contributed by atoms with Crippen LogP contribution in [-0.4, -0.2) is 37.7 Å². The van der Waals surface area contributed by atoms with E-state index in [0.717, 1.165) is 20.7 Å². The Morgan fingerprint density at radius 1 is 0.925 bits per heavy atom. The smallest absolute Gasteiger partial charge is 0.335 e. The molecule has 1 aliphatic heterocycles. The molecule has 1 heterocycles. The molecule has 10 heteroatoms. The SMILES string of the molecule is C=CCc1ccccc1OCCOc1c(Br)cc(/C=C2/C(=O)NC(=O)N(c3ccc(Br)cc3)C2=O)cc1OCC. The largest absolute Gasteiger partial charge is 0.490 e. The number of nitrogens with one attached hydrogen (secondary N) is 1. The number of urea groups is 1. The first-order chi connectivity index (χ1) is 19.3. The molecule has 1 saturated heterocycles. The van der Waals surface area contributed by atoms with E-state index in [1.807, 2.05) is 37.3 Å². The van der Waals surface area contributed by atoms with Gasteiger partial charge in [0.2, 0.25) is 0 Å². The number of ether oxygens (including phenoxy) is 3. The predicted molar refractivity (Wildman–Crippen MR) is 160 cm³/mol. The second kappa shape index (κ2) is 13.5. The van der Waals surface area contributed by atoms with Gasteiger partial charge in [-0.3, -0.25) is 14.9 Å². The summed E-state index contributed by atoms with van der Waals surface area (Å²) in [6, 6.07) is 16.9. The van der Waals surface area contributed by atoms with Gasteiger partial charge in [-0.2, -0.15) is 0 Å². The van der Waals surface area contributed by atoms with Gasteiger partial charge in [0.05, 0.1) is 16.8 Å². The van der Waals surface area contributed by atoms with E-state index in [0.29, 0.717) is 46.9 Å². The minimum atomic E-state index is -0.816. The standard InChI is InChI=1S/C30H26Br2N2O6/c1-3-7-20-8-5-6-9-25(20)39-14-15-40-27-24(32)17-19(18-26(27)38-4-2)16-23-28(35)33-30(37)34(29(23)36)22-12-10-21(31)11-13-22/h3,5-6,8-13,16-18H,1,4,7,14-15H2,2H3,(H,33,35,37)/b23-16-. The van der Waals surface area contributed by atoms with E-state index >= 15 is 0 Å². The zero-order valence-corrected chi connectivity index (χ0v) is 24.8. The van der Waals surface area contributed by atoms with E-state index in [1.165, 1.54) is 6.08 Å². The van der Waals surface area contributed by atoms with Crippen LogP contribution in [0.5, 0.6) is 17.2 Å². The number of amides is 4. The molecule has 1 N–H and O–H groups in total. The molecule has 0 atom stereocenters. The lowest BCUT2D eigenvalue weighted by molar-refractivity contribution is -0.122. The van der Waals surface area contributed by atoms with Gasteiger partial charge in [0.1, 0.15) is 24.5 Å². The molecule has 0 saturated carbocycles. The van der Waals surface area contributed by atoms with Crippen LogP contribution in [-0.2, 0) is 16.0 Å². The van der Waals surface area contributed by atoms with Crippen molar-refractivity contribution in [2.45, 2.75) is 13.3 Å². The second-order valence-corrected chi connectivity index (χ2v) is 10.3. The fraction of sp³-hybridized carbons (Fsp3) is 0.167. The monoisotopic (exact) mass is 668 g/mol. The molecule has 0 aliphatic carbocycles. The van der Waals surface area contributed by atoms with E-state index in [4.69, 9.17) is 14.2 Å². The molecule has 0 radical (unpaired) electrons. The molecule has 4 rings (SSSR count). The van der Waals surface area contributed by atoms with Crippen molar-refractivity contribution in [2.24, 2.45) is 0 Å². The molecule has 0 spiro atoms. The number of para-hydroxylation sites is 1. The summed E-state index contributed by atoms with van der Waals surface area (Å²) in [5.74, 6) is 0.118. The van der Waals surface area contributed by atoms with Crippen LogP contribution in [0.25, 0.3) is 6.08 Å². The maximum atomic E-state index is 13.2. The number of nitrogens with zero attached hydrogens (tertiary/aromatic N) is 1. The van der Waals surface area contributed by atoms with Crippen molar-refractivity contribution in [3.63, 3.8) is 0 Å². The van der Waals surface area contributed by atoms with Gasteiger partial charge in [-0.05, 0) is 88.9 Å². The Hall–Kier alpha value is -3.89. The molecule has 3 aromatic carbocycles. The summed E-state index contributed by atoms with van der Waals surface area (Å²) in [6.07, 6.45) is 3.93. The van der Waals surface area contributed by atoms with E-state index in [-0.39, 0.29) is 12.2 Å². The first-order valence-electron chi connectivity index (χ1n) is 12.4. The number of halogens is 2. The number of anilines is 1. The molecular formula is C30H26Br2N2O6. The molecular weight excluding hydrogens is 644 g/mol. The highest BCUT2D eigenvalue weighted by atomic mass is 79.9. The summed E-state index contributed by atoms with van der Waals surface area (Å²) < 4.78 is 19.0. The maximum Gasteiger partial charge on any atom is 0.335 e. The van der Waals surface area contributed by atoms with Crippen LogP contribution in [0.4, 0.5) is 10.5 Å². The molecule has 1 fully saturated rings. The summed E-state index contributed by atoms with van der Waals surface area (Å²) in [5, 5.41) is 2.23. The van der Waals surface area contributed by atoms with Gasteiger partial charge < -0.3 is 14.2 Å². The first-order valence-corrected chi connectivity index (χ1v) is 14.0. The highest BCUT2D eigenvalue weighted by molar-refractivity contribution is 9.10. The van der Waals surface area contributed by atoms with Gasteiger partial charge in [0, 0.05) is 4.47 Å². The summed E-state index contributed by atoms with van der Waals surface area (Å²) in [7, 11) is 0. The van der Waals surface area contributed by atoms with Crippen molar-refractivity contribution in [2.75, 3.05) is 24.7 Å². The summed E-state index contributed by atoms with van der Waals surface area (Å²) in [6.45, 7) is 6.52. The van der Waals surface area contributed by atoms with E-state index in [2.05, 4.69) is 43.8 Å². The number of imide groups is 2. The third-order valence-corrected chi connectivity index (χ3v) is 6.87. The number of barbiturate groups is 1. The molecule has 1 aliphatic rings. The van der Waals surface area contributed by atoms with Crippen molar-refractivity contribution < 1.29 is 28.6 Å². The fourth-order valence-corrected chi connectivity index (χ4v) is 4.83. The maximum absolute atomic E-state index is 13.2. The number of allylic oxidation sites excluding steroid dienone is 1. The van der Waals surface area contributed by atoms with Crippen molar-refractivity contribution in [1.29, 1.82) is 0 Å². The molecule has 0 aromatic heterocycles. The molecule has 0 unspecified atom stereocenters. The Labute approximate surface area is 248 Å². The van der Waals surface area contributed by atoms with Crippen LogP contribution in [0.3, 0.4) is 0 Å². The number of hydrogen-bond acceptors (Lipinski definition) is 6. The second-order valence-electron chi connectivity index (χ2n) is 8.49. The molecule has 206 valence electrons. The normalized spacial score (nSPS) is 14.2. The van der Waals surface area contributed by atoms with Crippen molar-refractivity contribution >= 4 is 61.5 Å². The number of carbonyl (C=O) groups is 3. The van der Waals surface area contributed by atoms with E-state index < -0.39 is 17.8 Å². The Kier molecular flexibility index (Phi) is 9.79.